The first-order valence-corrected chi connectivity index (χ1v) is 8.63. The average Bonchev–Trinajstić information content (AvgIpc) is 2.62. The van der Waals surface area contributed by atoms with E-state index in [-0.39, 0.29) is 11.7 Å². The molecule has 0 aliphatic carbocycles. The number of hydrogen-bond acceptors (Lipinski definition) is 2. The number of anilines is 1. The van der Waals surface area contributed by atoms with Gasteiger partial charge in [0, 0.05) is 11.3 Å². The van der Waals surface area contributed by atoms with E-state index in [1.807, 2.05) is 49.5 Å². The average molecular weight is 371 g/mol. The van der Waals surface area contributed by atoms with Crippen molar-refractivity contribution in [2.24, 2.45) is 0 Å². The number of amides is 1. The highest BCUT2D eigenvalue weighted by Gasteiger charge is 2.12. The zero-order valence-electron chi connectivity index (χ0n) is 14.9. The highest BCUT2D eigenvalue weighted by Crippen LogP contribution is 2.18. The van der Waals surface area contributed by atoms with E-state index in [0.717, 1.165) is 26.9 Å². The lowest BCUT2D eigenvalue weighted by Gasteiger charge is -2.14. The Labute approximate surface area is 156 Å². The van der Waals surface area contributed by atoms with Crippen molar-refractivity contribution >= 4 is 22.4 Å². The fourth-order valence-corrected chi connectivity index (χ4v) is 2.95. The largest absolute Gasteiger partial charge is 0.435 e. The van der Waals surface area contributed by atoms with Gasteiger partial charge in [0.2, 0.25) is 0 Å². The molecule has 0 bridgehead atoms. The van der Waals surface area contributed by atoms with Gasteiger partial charge in [-0.1, -0.05) is 30.3 Å². The lowest BCUT2D eigenvalue weighted by molar-refractivity contribution is -0.885. The summed E-state index contributed by atoms with van der Waals surface area (Å²) < 4.78 is 28.7. The van der Waals surface area contributed by atoms with E-state index < -0.39 is 6.61 Å². The fraction of sp³-hybridized carbons (Fsp3) is 0.190. The topological polar surface area (TPSA) is 42.8 Å². The summed E-state index contributed by atoms with van der Waals surface area (Å²) in [4.78, 5) is 13.3. The number of halogens is 2. The van der Waals surface area contributed by atoms with Crippen molar-refractivity contribution in [3.05, 3.63) is 72.3 Å². The van der Waals surface area contributed by atoms with Crippen molar-refractivity contribution in [1.82, 2.24) is 0 Å². The number of hydrogen-bond donors (Lipinski definition) is 2. The molecule has 4 nitrogen and oxygen atoms in total. The number of alkyl halides is 2. The minimum atomic E-state index is -2.83. The number of nitrogens with one attached hydrogen (secondary N) is 2. The lowest BCUT2D eigenvalue weighted by Crippen LogP contribution is -3.08. The van der Waals surface area contributed by atoms with Gasteiger partial charge < -0.3 is 15.0 Å². The smallest absolute Gasteiger partial charge is 0.387 e. The number of fused-ring (bicyclic) bond motifs is 1. The number of ether oxygens (including phenoxy) is 1. The van der Waals surface area contributed by atoms with Crippen LogP contribution >= 0.6 is 0 Å². The molecule has 3 aromatic carbocycles. The van der Waals surface area contributed by atoms with Gasteiger partial charge in [-0.05, 0) is 47.2 Å². The number of likely N-dealkylation sites (N-methyl/N-ethyl adjacent to an activating group) is 1. The third kappa shape index (κ3) is 5.49. The molecule has 1 atom stereocenters. The number of carbonyl (C=O) groups excluding carboxylic acids is 1. The third-order valence-electron chi connectivity index (χ3n) is 4.15. The summed E-state index contributed by atoms with van der Waals surface area (Å²) in [5, 5.41) is 5.11. The molecule has 0 aromatic heterocycles. The molecular formula is C21H21F2N2O2+. The second-order valence-corrected chi connectivity index (χ2v) is 6.44. The first kappa shape index (κ1) is 18.8. The Hall–Kier alpha value is -2.99. The summed E-state index contributed by atoms with van der Waals surface area (Å²) in [6.45, 7) is -1.94. The number of carbonyl (C=O) groups is 1. The molecule has 0 spiro atoms. The zero-order chi connectivity index (χ0) is 19.2. The van der Waals surface area contributed by atoms with Crippen LogP contribution in [-0.4, -0.2) is 26.1 Å². The molecule has 2 N–H and O–H groups in total. The van der Waals surface area contributed by atoms with E-state index in [9.17, 15) is 13.6 Å². The molecule has 0 aliphatic heterocycles. The Bertz CT molecular complexity index is 913. The Balaban J connectivity index is 1.53. The van der Waals surface area contributed by atoms with E-state index in [0.29, 0.717) is 13.1 Å². The monoisotopic (exact) mass is 371 g/mol. The van der Waals surface area contributed by atoms with Crippen LogP contribution in [-0.2, 0) is 11.3 Å². The van der Waals surface area contributed by atoms with Crippen LogP contribution in [0.3, 0.4) is 0 Å². The van der Waals surface area contributed by atoms with Crippen LogP contribution in [0.2, 0.25) is 0 Å². The van der Waals surface area contributed by atoms with E-state index >= 15 is 0 Å². The number of benzene rings is 3. The van der Waals surface area contributed by atoms with Crippen LogP contribution in [0.5, 0.6) is 5.75 Å². The van der Waals surface area contributed by atoms with Crippen LogP contribution < -0.4 is 15.0 Å². The maximum Gasteiger partial charge on any atom is 0.387 e. The van der Waals surface area contributed by atoms with Gasteiger partial charge in [-0.3, -0.25) is 4.79 Å². The second kappa shape index (κ2) is 8.60. The van der Waals surface area contributed by atoms with Crippen LogP contribution in [0.25, 0.3) is 10.8 Å². The summed E-state index contributed by atoms with van der Waals surface area (Å²) in [7, 11) is 1.91. The molecule has 0 aliphatic rings. The molecule has 0 saturated heterocycles. The molecule has 6 heteroatoms. The Kier molecular flexibility index (Phi) is 5.98. The summed E-state index contributed by atoms with van der Waals surface area (Å²) in [6.07, 6.45) is 0. The maximum absolute atomic E-state index is 12.3. The Morgan fingerprint density at radius 1 is 1.04 bits per heavy atom. The van der Waals surface area contributed by atoms with Crippen molar-refractivity contribution in [2.45, 2.75) is 13.2 Å². The van der Waals surface area contributed by atoms with Gasteiger partial charge in [-0.15, -0.1) is 0 Å². The van der Waals surface area contributed by atoms with E-state index in [4.69, 9.17) is 0 Å². The first-order chi connectivity index (χ1) is 13.0. The Morgan fingerprint density at radius 3 is 2.44 bits per heavy atom. The maximum atomic E-state index is 12.3. The highest BCUT2D eigenvalue weighted by atomic mass is 19.3. The molecule has 0 radical (unpaired) electrons. The van der Waals surface area contributed by atoms with Crippen molar-refractivity contribution in [3.8, 4) is 5.75 Å². The summed E-state index contributed by atoms with van der Waals surface area (Å²) in [5.41, 5.74) is 1.70. The summed E-state index contributed by atoms with van der Waals surface area (Å²) in [5.74, 6) is 0.0425. The van der Waals surface area contributed by atoms with E-state index in [2.05, 4.69) is 10.1 Å². The molecule has 1 amide bonds. The molecular weight excluding hydrogens is 350 g/mol. The number of rotatable bonds is 7. The van der Waals surface area contributed by atoms with Gasteiger partial charge in [-0.2, -0.15) is 8.78 Å². The van der Waals surface area contributed by atoms with Gasteiger partial charge in [0.25, 0.3) is 5.91 Å². The zero-order valence-corrected chi connectivity index (χ0v) is 14.9. The standard InChI is InChI=1S/C21H20F2N2O2/c1-25(13-15-6-10-19(11-7-15)27-21(22)23)14-20(26)24-18-9-8-16-4-2-3-5-17(16)12-18/h2-12,21H,13-14H2,1H3,(H,24,26)/p+1. The molecule has 1 unspecified atom stereocenters. The molecule has 140 valence electrons. The summed E-state index contributed by atoms with van der Waals surface area (Å²) in [6, 6.07) is 20.2. The number of quaternary nitrogens is 1. The fourth-order valence-electron chi connectivity index (χ4n) is 2.95. The van der Waals surface area contributed by atoms with Crippen molar-refractivity contribution in [1.29, 1.82) is 0 Å². The van der Waals surface area contributed by atoms with Crippen molar-refractivity contribution in [2.75, 3.05) is 18.9 Å². The normalized spacial score (nSPS) is 12.1. The third-order valence-corrected chi connectivity index (χ3v) is 4.15. The lowest BCUT2D eigenvalue weighted by atomic mass is 10.1. The second-order valence-electron chi connectivity index (χ2n) is 6.44. The van der Waals surface area contributed by atoms with Gasteiger partial charge in [0.15, 0.2) is 6.54 Å². The van der Waals surface area contributed by atoms with Crippen molar-refractivity contribution < 1.29 is 23.2 Å². The minimum Gasteiger partial charge on any atom is -0.435 e. The van der Waals surface area contributed by atoms with Gasteiger partial charge in [0.05, 0.1) is 7.05 Å². The van der Waals surface area contributed by atoms with Gasteiger partial charge in [-0.25, -0.2) is 0 Å². The van der Waals surface area contributed by atoms with Crippen LogP contribution in [0.4, 0.5) is 14.5 Å². The molecule has 0 fully saturated rings. The summed E-state index contributed by atoms with van der Waals surface area (Å²) >= 11 is 0. The molecule has 0 heterocycles. The Morgan fingerprint density at radius 2 is 1.74 bits per heavy atom. The van der Waals surface area contributed by atoms with E-state index in [1.54, 1.807) is 12.1 Å². The van der Waals surface area contributed by atoms with Crippen LogP contribution in [0.1, 0.15) is 5.56 Å². The van der Waals surface area contributed by atoms with Crippen molar-refractivity contribution in [3.63, 3.8) is 0 Å². The minimum absolute atomic E-state index is 0.0829. The SMILES string of the molecule is C[NH+](CC(=O)Nc1ccc2ccccc2c1)Cc1ccc(OC(F)F)cc1. The highest BCUT2D eigenvalue weighted by molar-refractivity contribution is 5.94. The van der Waals surface area contributed by atoms with E-state index in [1.165, 1.54) is 12.1 Å². The predicted octanol–water partition coefficient (Wildman–Crippen LogP) is 3.09. The predicted molar refractivity (Wildman–Crippen MR) is 101 cm³/mol. The van der Waals surface area contributed by atoms with Gasteiger partial charge in [0.1, 0.15) is 12.3 Å². The van der Waals surface area contributed by atoms with Gasteiger partial charge >= 0.3 is 6.61 Å². The molecule has 27 heavy (non-hydrogen) atoms. The van der Waals surface area contributed by atoms with Crippen LogP contribution in [0, 0.1) is 0 Å². The molecule has 3 aromatic rings. The van der Waals surface area contributed by atoms with Crippen LogP contribution in [0.15, 0.2) is 66.7 Å². The first-order valence-electron chi connectivity index (χ1n) is 8.63. The molecule has 0 saturated carbocycles. The molecule has 3 rings (SSSR count). The quantitative estimate of drug-likeness (QED) is 0.670.